The molecule has 3 aliphatic heterocycles. The predicted octanol–water partition coefficient (Wildman–Crippen LogP) is 4.06. The molecule has 3 aliphatic rings. The molecule has 36 heavy (non-hydrogen) atoms. The van der Waals surface area contributed by atoms with Crippen molar-refractivity contribution < 1.29 is 9.18 Å². The van der Waals surface area contributed by atoms with Crippen molar-refractivity contribution in [2.45, 2.75) is 46.2 Å². The summed E-state index contributed by atoms with van der Waals surface area (Å²) < 4.78 is 15.6. The number of anilines is 1. The second-order valence-corrected chi connectivity index (χ2v) is 11.0. The molecule has 0 unspecified atom stereocenters. The van der Waals surface area contributed by atoms with Crippen LogP contribution in [0, 0.1) is 18.2 Å². The van der Waals surface area contributed by atoms with Gasteiger partial charge >= 0.3 is 0 Å². The van der Waals surface area contributed by atoms with Crippen molar-refractivity contribution in [1.29, 1.82) is 0 Å². The van der Waals surface area contributed by atoms with Crippen LogP contribution in [0.25, 0.3) is 22.0 Å². The lowest BCUT2D eigenvalue weighted by molar-refractivity contribution is -0.136. The fraction of sp³-hybridized carbons (Fsp3) is 0.464. The van der Waals surface area contributed by atoms with E-state index in [0.29, 0.717) is 11.6 Å². The summed E-state index contributed by atoms with van der Waals surface area (Å²) in [7, 11) is 0. The topological polar surface area (TPSA) is 68.4 Å². The van der Waals surface area contributed by atoms with Crippen LogP contribution in [0.2, 0.25) is 0 Å². The molecule has 0 aliphatic carbocycles. The lowest BCUT2D eigenvalue weighted by Gasteiger charge is -2.47. The highest BCUT2D eigenvalue weighted by atomic mass is 19.1. The summed E-state index contributed by atoms with van der Waals surface area (Å²) in [4.78, 5) is 23.9. The van der Waals surface area contributed by atoms with Crippen molar-refractivity contribution in [3.63, 3.8) is 0 Å². The van der Waals surface area contributed by atoms with E-state index in [4.69, 9.17) is 4.98 Å². The molecule has 3 aromatic rings. The van der Waals surface area contributed by atoms with E-state index in [-0.39, 0.29) is 17.1 Å². The van der Waals surface area contributed by atoms with Gasteiger partial charge in [-0.3, -0.25) is 14.8 Å². The Balaban J connectivity index is 1.45. The Morgan fingerprint density at radius 2 is 2.03 bits per heavy atom. The zero-order chi connectivity index (χ0) is 25.2. The molecule has 188 valence electrons. The summed E-state index contributed by atoms with van der Waals surface area (Å²) in [6.45, 7) is 15.1. The van der Waals surface area contributed by atoms with Crippen molar-refractivity contribution in [1.82, 2.24) is 25.0 Å². The molecule has 6 rings (SSSR count). The monoisotopic (exact) mass is 488 g/mol. The normalized spacial score (nSPS) is 19.2. The second kappa shape index (κ2) is 8.40. The first-order valence-corrected chi connectivity index (χ1v) is 12.8. The van der Waals surface area contributed by atoms with Crippen LogP contribution in [0.1, 0.15) is 37.1 Å². The van der Waals surface area contributed by atoms with Gasteiger partial charge < -0.3 is 9.80 Å². The van der Waals surface area contributed by atoms with Gasteiger partial charge in [-0.2, -0.15) is 5.10 Å². The molecule has 1 spiro atoms. The Morgan fingerprint density at radius 1 is 1.22 bits per heavy atom. The fourth-order valence-electron chi connectivity index (χ4n) is 6.44. The van der Waals surface area contributed by atoms with Gasteiger partial charge in [0.05, 0.1) is 17.4 Å². The van der Waals surface area contributed by atoms with Crippen molar-refractivity contribution in [3.05, 3.63) is 53.6 Å². The van der Waals surface area contributed by atoms with Crippen molar-refractivity contribution in [2.75, 3.05) is 37.6 Å². The van der Waals surface area contributed by atoms with Crippen LogP contribution in [0.3, 0.4) is 0 Å². The van der Waals surface area contributed by atoms with Gasteiger partial charge in [0.15, 0.2) is 0 Å². The molecule has 0 saturated carbocycles. The standard InChI is InChI=1S/C28H33FN6O/c1-5-24(36)35-15-28(16-35)9-11-34(14-28)27-18(4)25(19-8-10-33(17(2)3)13-23(19)31-27)26-20-12-30-32-22(20)7-6-21(26)29/h5-7,12,17H,1,8-11,13-16H2,2-4H3,(H,30,32). The quantitative estimate of drug-likeness (QED) is 0.561. The molecule has 2 aromatic heterocycles. The maximum absolute atomic E-state index is 15.6. The first-order valence-electron chi connectivity index (χ1n) is 12.8. The molecular weight excluding hydrogens is 455 g/mol. The van der Waals surface area contributed by atoms with Crippen molar-refractivity contribution in [3.8, 4) is 11.1 Å². The maximum atomic E-state index is 15.6. The van der Waals surface area contributed by atoms with Crippen LogP contribution in [0.15, 0.2) is 31.0 Å². The summed E-state index contributed by atoms with van der Waals surface area (Å²) in [6.07, 6.45) is 4.98. The smallest absolute Gasteiger partial charge is 0.245 e. The summed E-state index contributed by atoms with van der Waals surface area (Å²) in [5.74, 6) is 0.717. The van der Waals surface area contributed by atoms with Crippen LogP contribution < -0.4 is 4.90 Å². The summed E-state index contributed by atoms with van der Waals surface area (Å²) in [5, 5.41) is 8.01. The molecular formula is C28H33FN6O. The van der Waals surface area contributed by atoms with Crippen LogP contribution >= 0.6 is 0 Å². The summed E-state index contributed by atoms with van der Waals surface area (Å²) >= 11 is 0. The van der Waals surface area contributed by atoms with Gasteiger partial charge in [0, 0.05) is 61.7 Å². The predicted molar refractivity (Wildman–Crippen MR) is 139 cm³/mol. The van der Waals surface area contributed by atoms with Gasteiger partial charge in [-0.1, -0.05) is 6.58 Å². The number of nitrogens with one attached hydrogen (secondary N) is 1. The van der Waals surface area contributed by atoms with E-state index >= 15 is 4.39 Å². The van der Waals surface area contributed by atoms with E-state index < -0.39 is 0 Å². The molecule has 0 radical (unpaired) electrons. The Morgan fingerprint density at radius 3 is 2.78 bits per heavy atom. The molecule has 8 heteroatoms. The number of carbonyl (C=O) groups excluding carboxylic acids is 1. The van der Waals surface area contributed by atoms with E-state index in [1.807, 2.05) is 4.90 Å². The van der Waals surface area contributed by atoms with Gasteiger partial charge in [-0.25, -0.2) is 9.37 Å². The highest BCUT2D eigenvalue weighted by molar-refractivity contribution is 5.97. The van der Waals surface area contributed by atoms with Crippen LogP contribution in [0.4, 0.5) is 10.2 Å². The largest absolute Gasteiger partial charge is 0.356 e. The van der Waals surface area contributed by atoms with Crippen LogP contribution in [-0.4, -0.2) is 69.7 Å². The summed E-state index contributed by atoms with van der Waals surface area (Å²) in [5.41, 5.74) is 5.75. The number of benzene rings is 1. The van der Waals surface area contributed by atoms with Gasteiger partial charge in [-0.15, -0.1) is 0 Å². The van der Waals surface area contributed by atoms with Gasteiger partial charge in [0.25, 0.3) is 0 Å². The van der Waals surface area contributed by atoms with E-state index in [0.717, 1.165) is 91.2 Å². The third-order valence-electron chi connectivity index (χ3n) is 8.43. The van der Waals surface area contributed by atoms with E-state index in [1.165, 1.54) is 12.1 Å². The molecule has 1 amide bonds. The Hall–Kier alpha value is -3.26. The highest BCUT2D eigenvalue weighted by Crippen LogP contribution is 2.45. The molecule has 1 aromatic carbocycles. The number of pyridine rings is 1. The molecule has 2 saturated heterocycles. The number of hydrogen-bond donors (Lipinski definition) is 1. The van der Waals surface area contributed by atoms with Gasteiger partial charge in [0.1, 0.15) is 11.6 Å². The van der Waals surface area contributed by atoms with E-state index in [9.17, 15) is 4.79 Å². The number of carbonyl (C=O) groups is 1. The number of H-pyrrole nitrogens is 1. The van der Waals surface area contributed by atoms with Crippen molar-refractivity contribution in [2.24, 2.45) is 5.41 Å². The first kappa shape index (κ1) is 23.2. The van der Waals surface area contributed by atoms with Crippen LogP contribution in [0.5, 0.6) is 0 Å². The minimum atomic E-state index is -0.229. The average Bonchev–Trinajstić information content (AvgIpc) is 3.50. The molecule has 0 atom stereocenters. The number of aromatic nitrogens is 3. The third-order valence-corrected chi connectivity index (χ3v) is 8.43. The maximum Gasteiger partial charge on any atom is 0.245 e. The number of hydrogen-bond acceptors (Lipinski definition) is 5. The summed E-state index contributed by atoms with van der Waals surface area (Å²) in [6, 6.07) is 3.71. The molecule has 7 nitrogen and oxygen atoms in total. The molecule has 1 N–H and O–H groups in total. The van der Waals surface area contributed by atoms with E-state index in [1.54, 1.807) is 12.3 Å². The fourth-order valence-corrected chi connectivity index (χ4v) is 6.44. The second-order valence-electron chi connectivity index (χ2n) is 11.0. The number of nitrogens with zero attached hydrogens (tertiary/aromatic N) is 5. The number of aromatic amines is 1. The number of rotatable bonds is 4. The Kier molecular flexibility index (Phi) is 5.41. The molecule has 5 heterocycles. The van der Waals surface area contributed by atoms with Crippen LogP contribution in [-0.2, 0) is 17.8 Å². The van der Waals surface area contributed by atoms with E-state index in [2.05, 4.69) is 47.3 Å². The molecule has 0 bridgehead atoms. The Bertz CT molecular complexity index is 1370. The zero-order valence-electron chi connectivity index (χ0n) is 21.3. The zero-order valence-corrected chi connectivity index (χ0v) is 21.3. The minimum absolute atomic E-state index is 0.00177. The SMILES string of the molecule is C=CC(=O)N1CC2(CCN(c3nc4c(c(-c5c(F)ccc6[nH]ncc56)c3C)CCN(C(C)C)C4)C2)C1. The highest BCUT2D eigenvalue weighted by Gasteiger charge is 2.49. The lowest BCUT2D eigenvalue weighted by atomic mass is 9.79. The van der Waals surface area contributed by atoms with Crippen molar-refractivity contribution >= 4 is 22.6 Å². The lowest BCUT2D eigenvalue weighted by Crippen LogP contribution is -2.59. The molecule has 2 fully saturated rings. The number of fused-ring (bicyclic) bond motifs is 2. The minimum Gasteiger partial charge on any atom is -0.356 e. The number of amides is 1. The first-order chi connectivity index (χ1) is 17.3. The number of likely N-dealkylation sites (tertiary alicyclic amines) is 1. The van der Waals surface area contributed by atoms with Gasteiger partial charge in [-0.05, 0) is 68.5 Å². The van der Waals surface area contributed by atoms with Gasteiger partial charge in [0.2, 0.25) is 5.91 Å². The Labute approximate surface area is 211 Å². The third kappa shape index (κ3) is 3.53. The number of halogens is 1. The average molecular weight is 489 g/mol.